The Bertz CT molecular complexity index is 1620. The Morgan fingerprint density at radius 1 is 0.800 bits per heavy atom. The molecule has 0 bridgehead atoms. The van der Waals surface area contributed by atoms with E-state index in [1.54, 1.807) is 43.6 Å². The van der Waals surface area contributed by atoms with Gasteiger partial charge in [0.05, 0.1) is 4.90 Å². The largest absolute Gasteiger partial charge is 0.381 e. The number of aromatic amines is 1. The van der Waals surface area contributed by atoms with Crippen LogP contribution >= 0.6 is 47.8 Å². The number of nitrogens with one attached hydrogen (secondary N) is 1. The first-order valence-electron chi connectivity index (χ1n) is 11.5. The fourth-order valence-electron chi connectivity index (χ4n) is 3.83. The molecule has 0 unspecified atom stereocenters. The summed E-state index contributed by atoms with van der Waals surface area (Å²) in [6, 6.07) is 14.3. The number of H-pyrrole nitrogens is 1. The quantitative estimate of drug-likeness (QED) is 0.194. The average Bonchev–Trinajstić information content (AvgIpc) is 3.59. The summed E-state index contributed by atoms with van der Waals surface area (Å²) in [5.74, 6) is 0. The minimum absolute atomic E-state index is 0. The van der Waals surface area contributed by atoms with E-state index in [4.69, 9.17) is 4.74 Å². The molecule has 1 N–H and O–H groups in total. The zero-order valence-electron chi connectivity index (χ0n) is 20.2. The molecule has 1 aliphatic heterocycles. The minimum atomic E-state index is -3.66. The van der Waals surface area contributed by atoms with Crippen molar-refractivity contribution in [3.05, 3.63) is 85.7 Å². The molecule has 0 amide bonds. The van der Waals surface area contributed by atoms with Gasteiger partial charge in [-0.25, -0.2) is 22.4 Å². The van der Waals surface area contributed by atoms with Gasteiger partial charge in [0.15, 0.2) is 5.65 Å². The summed E-state index contributed by atoms with van der Waals surface area (Å²) < 4.78 is 34.5. The molecule has 5 aromatic rings. The third-order valence-electron chi connectivity index (χ3n) is 5.49. The summed E-state index contributed by atoms with van der Waals surface area (Å²) in [5.41, 5.74) is 3.15. The smallest absolute Gasteiger partial charge is 0.269 e. The van der Waals surface area contributed by atoms with E-state index >= 15 is 0 Å². The average molecular weight is 761 g/mol. The summed E-state index contributed by atoms with van der Waals surface area (Å²) in [6.45, 7) is 5.78. The SMILES string of the molecule is C.C.C.C1CCOC1.Cc1cc2cc(Br)cnc2[nH]1.Cc1cc2cc(Br)cnc2n1S(=O)(=O)c1ccc(Br)cc1. The van der Waals surface area contributed by atoms with Gasteiger partial charge in [0.2, 0.25) is 0 Å². The molecule has 0 saturated carbocycles. The van der Waals surface area contributed by atoms with Gasteiger partial charge >= 0.3 is 0 Å². The number of pyridine rings is 2. The lowest BCUT2D eigenvalue weighted by atomic mass is 10.3. The van der Waals surface area contributed by atoms with E-state index in [-0.39, 0.29) is 27.2 Å². The Balaban J connectivity index is 0.000000353. The van der Waals surface area contributed by atoms with E-state index in [1.807, 2.05) is 25.1 Å². The van der Waals surface area contributed by atoms with Gasteiger partial charge in [-0.2, -0.15) is 0 Å². The van der Waals surface area contributed by atoms with Crippen LogP contribution in [-0.4, -0.2) is 40.6 Å². The van der Waals surface area contributed by atoms with Crippen molar-refractivity contribution in [2.24, 2.45) is 0 Å². The third kappa shape index (κ3) is 8.72. The highest BCUT2D eigenvalue weighted by Gasteiger charge is 2.22. The number of aromatic nitrogens is 4. The molecule has 1 aromatic carbocycles. The zero-order valence-corrected chi connectivity index (χ0v) is 25.8. The van der Waals surface area contributed by atoms with E-state index in [0.29, 0.717) is 11.3 Å². The molecule has 5 heterocycles. The third-order valence-corrected chi connectivity index (χ3v) is 8.69. The van der Waals surface area contributed by atoms with Crippen molar-refractivity contribution < 1.29 is 13.2 Å². The second kappa shape index (κ2) is 15.8. The number of fused-ring (bicyclic) bond motifs is 2. The lowest BCUT2D eigenvalue weighted by Crippen LogP contribution is -2.14. The van der Waals surface area contributed by atoms with E-state index in [0.717, 1.165) is 48.7 Å². The molecular formula is C29H37Br3N4O3S. The molecule has 6 rings (SSSR count). The highest BCUT2D eigenvalue weighted by molar-refractivity contribution is 9.11. The van der Waals surface area contributed by atoms with Crippen LogP contribution in [0.15, 0.2) is 79.2 Å². The fraction of sp³-hybridized carbons (Fsp3) is 0.310. The second-order valence-corrected chi connectivity index (χ2v) is 13.0. The lowest BCUT2D eigenvalue weighted by Gasteiger charge is -2.09. The molecule has 40 heavy (non-hydrogen) atoms. The number of benzene rings is 1. The highest BCUT2D eigenvalue weighted by atomic mass is 79.9. The summed E-state index contributed by atoms with van der Waals surface area (Å²) in [4.78, 5) is 11.8. The summed E-state index contributed by atoms with van der Waals surface area (Å²) in [7, 11) is -3.66. The van der Waals surface area contributed by atoms with Crippen molar-refractivity contribution >= 4 is 79.9 Å². The highest BCUT2D eigenvalue weighted by Crippen LogP contribution is 2.26. The van der Waals surface area contributed by atoms with Gasteiger partial charge in [-0.1, -0.05) is 38.2 Å². The van der Waals surface area contributed by atoms with Crippen LogP contribution in [0.2, 0.25) is 0 Å². The first-order valence-corrected chi connectivity index (χ1v) is 15.3. The van der Waals surface area contributed by atoms with Crippen LogP contribution in [0.1, 0.15) is 46.5 Å². The molecule has 218 valence electrons. The predicted molar refractivity (Wildman–Crippen MR) is 178 cm³/mol. The molecule has 0 atom stereocenters. The maximum absolute atomic E-state index is 12.8. The van der Waals surface area contributed by atoms with Crippen LogP contribution in [0.25, 0.3) is 22.1 Å². The van der Waals surface area contributed by atoms with E-state index in [1.165, 1.54) is 16.8 Å². The zero-order chi connectivity index (χ0) is 26.6. The monoisotopic (exact) mass is 758 g/mol. The Hall–Kier alpha value is -2.05. The normalized spacial score (nSPS) is 12.2. The van der Waals surface area contributed by atoms with Gasteiger partial charge in [-0.05, 0) is 107 Å². The number of hydrogen-bond acceptors (Lipinski definition) is 5. The maximum atomic E-state index is 12.8. The van der Waals surface area contributed by atoms with Crippen LogP contribution < -0.4 is 0 Å². The molecular weight excluding hydrogens is 724 g/mol. The van der Waals surface area contributed by atoms with Gasteiger partial charge in [-0.15, -0.1) is 0 Å². The second-order valence-electron chi connectivity index (χ2n) is 8.44. The molecule has 1 fully saturated rings. The Kier molecular flexibility index (Phi) is 14.2. The first-order chi connectivity index (χ1) is 17.6. The van der Waals surface area contributed by atoms with Crippen molar-refractivity contribution in [3.63, 3.8) is 0 Å². The fourth-order valence-corrected chi connectivity index (χ4v) is 6.29. The van der Waals surface area contributed by atoms with Crippen LogP contribution in [-0.2, 0) is 14.8 Å². The minimum Gasteiger partial charge on any atom is -0.381 e. The Morgan fingerprint density at radius 2 is 1.38 bits per heavy atom. The standard InChI is InChI=1S/C14H10Br2N2O2S.C8H7BrN2.C4H8O.3CH4/c1-9-6-10-7-12(16)8-17-14(10)18(9)21(19,20)13-4-2-11(15)3-5-13;1-5-2-6-3-7(9)4-10-8(6)11-5;1-2-4-5-3-1;;;/h2-8H,1H3;2-4H,1H3,(H,10,11);1-4H2;3*1H4. The Morgan fingerprint density at radius 3 is 1.95 bits per heavy atom. The van der Waals surface area contributed by atoms with Gasteiger partial charge < -0.3 is 9.72 Å². The molecule has 0 radical (unpaired) electrons. The van der Waals surface area contributed by atoms with E-state index < -0.39 is 10.0 Å². The van der Waals surface area contributed by atoms with Crippen LogP contribution in [0, 0.1) is 13.8 Å². The topological polar surface area (TPSA) is 89.9 Å². The van der Waals surface area contributed by atoms with Gasteiger partial charge in [0, 0.05) is 61.2 Å². The van der Waals surface area contributed by atoms with Crippen LogP contribution in [0.4, 0.5) is 0 Å². The van der Waals surface area contributed by atoms with Gasteiger partial charge in [0.25, 0.3) is 10.0 Å². The number of hydrogen-bond donors (Lipinski definition) is 1. The maximum Gasteiger partial charge on any atom is 0.269 e. The summed E-state index contributed by atoms with van der Waals surface area (Å²) in [6.07, 6.45) is 5.94. The molecule has 1 aliphatic rings. The van der Waals surface area contributed by atoms with E-state index in [2.05, 4.69) is 68.8 Å². The summed E-state index contributed by atoms with van der Waals surface area (Å²) >= 11 is 10.0. The Labute approximate surface area is 263 Å². The molecule has 1 saturated heterocycles. The number of rotatable bonds is 2. The van der Waals surface area contributed by atoms with Gasteiger partial charge in [-0.3, -0.25) is 0 Å². The van der Waals surface area contributed by atoms with Crippen LogP contribution in [0.5, 0.6) is 0 Å². The number of aryl methyl sites for hydroxylation is 2. The number of halogens is 3. The first kappa shape index (κ1) is 36.0. The molecule has 11 heteroatoms. The molecule has 4 aromatic heterocycles. The van der Waals surface area contributed by atoms with Crippen molar-refractivity contribution in [1.29, 1.82) is 0 Å². The molecule has 7 nitrogen and oxygen atoms in total. The van der Waals surface area contributed by atoms with Crippen molar-refractivity contribution in [2.45, 2.75) is 53.9 Å². The summed E-state index contributed by atoms with van der Waals surface area (Å²) in [5, 5.41) is 1.93. The lowest BCUT2D eigenvalue weighted by molar-refractivity contribution is 0.198. The molecule has 0 aliphatic carbocycles. The number of nitrogens with zero attached hydrogens (tertiary/aromatic N) is 3. The predicted octanol–water partition coefficient (Wildman–Crippen LogP) is 9.45. The van der Waals surface area contributed by atoms with E-state index in [9.17, 15) is 8.42 Å². The van der Waals surface area contributed by atoms with Gasteiger partial charge in [0.1, 0.15) is 5.65 Å². The van der Waals surface area contributed by atoms with Crippen molar-refractivity contribution in [1.82, 2.24) is 18.9 Å². The molecule has 0 spiro atoms. The van der Waals surface area contributed by atoms with Crippen LogP contribution in [0.3, 0.4) is 0 Å². The van der Waals surface area contributed by atoms with Crippen molar-refractivity contribution in [2.75, 3.05) is 13.2 Å². The number of ether oxygens (including phenoxy) is 1. The van der Waals surface area contributed by atoms with Crippen molar-refractivity contribution in [3.8, 4) is 0 Å².